The maximum Gasteiger partial charge on any atom is 0.249 e. The zero-order valence-corrected chi connectivity index (χ0v) is 15.4. The third-order valence-corrected chi connectivity index (χ3v) is 7.33. The number of carbonyl (C=O) groups excluding carboxylic acids is 2. The molecule has 138 valence electrons. The summed E-state index contributed by atoms with van der Waals surface area (Å²) in [6.07, 6.45) is 4.33. The molecule has 4 rings (SSSR count). The molecule has 0 atom stereocenters. The van der Waals surface area contributed by atoms with Gasteiger partial charge in [0.15, 0.2) is 4.91 Å². The van der Waals surface area contributed by atoms with E-state index in [-0.39, 0.29) is 21.9 Å². The largest absolute Gasteiger partial charge is 0.367 e. The molecule has 1 aromatic carbocycles. The van der Waals surface area contributed by atoms with Crippen molar-refractivity contribution in [2.24, 2.45) is 0 Å². The number of nitrogens with zero attached hydrogens (tertiary/aromatic N) is 2. The van der Waals surface area contributed by atoms with Crippen molar-refractivity contribution in [3.05, 3.63) is 46.0 Å². The van der Waals surface area contributed by atoms with Crippen LogP contribution in [0.3, 0.4) is 0 Å². The monoisotopic (exact) mass is 374 g/mol. The van der Waals surface area contributed by atoms with Crippen LogP contribution in [0.2, 0.25) is 0 Å². The molecule has 2 heterocycles. The summed E-state index contributed by atoms with van der Waals surface area (Å²) in [6.45, 7) is 2.02. The number of allylic oxidation sites excluding steroid dienone is 2. The lowest BCUT2D eigenvalue weighted by Crippen LogP contribution is -2.42. The van der Waals surface area contributed by atoms with Crippen LogP contribution in [0.1, 0.15) is 52.8 Å². The summed E-state index contributed by atoms with van der Waals surface area (Å²) in [5.41, 5.74) is 0.574. The number of sulfonamides is 1. The third kappa shape index (κ3) is 2.70. The summed E-state index contributed by atoms with van der Waals surface area (Å²) in [4.78, 5) is 27.8. The highest BCUT2D eigenvalue weighted by atomic mass is 32.2. The van der Waals surface area contributed by atoms with Gasteiger partial charge in [-0.15, -0.1) is 0 Å². The Morgan fingerprint density at radius 1 is 0.731 bits per heavy atom. The Balaban J connectivity index is 1.90. The van der Waals surface area contributed by atoms with Gasteiger partial charge in [-0.25, -0.2) is 8.42 Å². The maximum atomic E-state index is 13.3. The van der Waals surface area contributed by atoms with Gasteiger partial charge in [-0.1, -0.05) is 30.7 Å². The summed E-state index contributed by atoms with van der Waals surface area (Å²) >= 11 is 0. The molecule has 0 bridgehead atoms. The van der Waals surface area contributed by atoms with Gasteiger partial charge < -0.3 is 4.90 Å². The first kappa shape index (κ1) is 17.4. The van der Waals surface area contributed by atoms with Crippen molar-refractivity contribution in [1.29, 1.82) is 0 Å². The fraction of sp³-hybridized carbons (Fsp3) is 0.474. The van der Waals surface area contributed by atoms with Crippen LogP contribution < -0.4 is 0 Å². The molecular weight excluding hydrogens is 352 g/mol. The molecule has 0 aromatic heterocycles. The second-order valence-electron chi connectivity index (χ2n) is 7.04. The second-order valence-corrected chi connectivity index (χ2v) is 8.92. The molecule has 2 saturated heterocycles. The van der Waals surface area contributed by atoms with E-state index < -0.39 is 15.8 Å². The Bertz CT molecular complexity index is 892. The van der Waals surface area contributed by atoms with E-state index in [2.05, 4.69) is 0 Å². The third-order valence-electron chi connectivity index (χ3n) is 5.39. The number of rotatable bonds is 3. The minimum absolute atomic E-state index is 0.0803. The van der Waals surface area contributed by atoms with Crippen LogP contribution in [0.4, 0.5) is 0 Å². The zero-order valence-electron chi connectivity index (χ0n) is 14.6. The first-order chi connectivity index (χ1) is 12.5. The average molecular weight is 374 g/mol. The van der Waals surface area contributed by atoms with Gasteiger partial charge in [-0.05, 0) is 25.7 Å². The van der Waals surface area contributed by atoms with Crippen LogP contribution in [0.5, 0.6) is 0 Å². The van der Waals surface area contributed by atoms with Gasteiger partial charge in [0, 0.05) is 37.3 Å². The molecule has 0 amide bonds. The molecule has 7 heteroatoms. The Hall–Kier alpha value is -1.99. The van der Waals surface area contributed by atoms with E-state index in [1.165, 1.54) is 4.31 Å². The van der Waals surface area contributed by atoms with Crippen LogP contribution in [-0.4, -0.2) is 55.4 Å². The number of Topliss-reactive ketones (excluding diaryl/α,β-unsaturated/α-hetero) is 2. The van der Waals surface area contributed by atoms with Crippen molar-refractivity contribution in [1.82, 2.24) is 9.21 Å². The highest BCUT2D eigenvalue weighted by molar-refractivity contribution is 7.94. The first-order valence-electron chi connectivity index (χ1n) is 9.19. The number of benzene rings is 1. The Labute approximate surface area is 153 Å². The molecule has 0 saturated carbocycles. The van der Waals surface area contributed by atoms with Gasteiger partial charge >= 0.3 is 0 Å². The van der Waals surface area contributed by atoms with E-state index >= 15 is 0 Å². The van der Waals surface area contributed by atoms with Crippen molar-refractivity contribution in [3.63, 3.8) is 0 Å². The minimum Gasteiger partial charge on any atom is -0.367 e. The number of fused-ring (bicyclic) bond motifs is 1. The van der Waals surface area contributed by atoms with Gasteiger partial charge in [0.1, 0.15) is 5.70 Å². The molecular formula is C19H22N2O4S. The molecule has 1 aliphatic carbocycles. The van der Waals surface area contributed by atoms with Crippen LogP contribution in [-0.2, 0) is 10.0 Å². The fourth-order valence-electron chi connectivity index (χ4n) is 4.04. The first-order valence-corrected chi connectivity index (χ1v) is 10.6. The number of ketones is 2. The number of carbonyl (C=O) groups is 2. The van der Waals surface area contributed by atoms with Crippen molar-refractivity contribution < 1.29 is 18.0 Å². The highest BCUT2D eigenvalue weighted by Crippen LogP contribution is 2.35. The second kappa shape index (κ2) is 6.63. The van der Waals surface area contributed by atoms with Gasteiger partial charge in [-0.3, -0.25) is 9.59 Å². The molecule has 2 fully saturated rings. The molecule has 0 N–H and O–H groups in total. The lowest BCUT2D eigenvalue weighted by atomic mass is 9.92. The lowest BCUT2D eigenvalue weighted by molar-refractivity contribution is 0.0952. The lowest BCUT2D eigenvalue weighted by Gasteiger charge is -2.32. The molecule has 0 radical (unpaired) electrons. The topological polar surface area (TPSA) is 74.8 Å². The standard InChI is InChI=1S/C19H22N2O4S/c22-17-14-8-2-3-9-15(14)18(23)19(16(17)20-10-6-7-11-20)26(24,25)21-12-4-1-5-13-21/h2-3,8-9H,1,4-7,10-13H2. The summed E-state index contributed by atoms with van der Waals surface area (Å²) in [5.74, 6) is -0.898. The summed E-state index contributed by atoms with van der Waals surface area (Å²) < 4.78 is 28.1. The van der Waals surface area contributed by atoms with Gasteiger partial charge in [0.05, 0.1) is 0 Å². The Kier molecular flexibility index (Phi) is 4.44. The quantitative estimate of drug-likeness (QED) is 0.811. The summed E-state index contributed by atoms with van der Waals surface area (Å²) in [6, 6.07) is 6.52. The van der Waals surface area contributed by atoms with Crippen molar-refractivity contribution in [2.45, 2.75) is 32.1 Å². The number of hydrogen-bond acceptors (Lipinski definition) is 5. The molecule has 1 aromatic rings. The van der Waals surface area contributed by atoms with Gasteiger partial charge in [-0.2, -0.15) is 4.31 Å². The normalized spacial score (nSPS) is 22.1. The fourth-order valence-corrected chi connectivity index (χ4v) is 5.85. The van der Waals surface area contributed by atoms with Crippen molar-refractivity contribution >= 4 is 21.6 Å². The van der Waals surface area contributed by atoms with E-state index in [0.717, 1.165) is 32.1 Å². The summed E-state index contributed by atoms with van der Waals surface area (Å²) in [7, 11) is -4.00. The van der Waals surface area contributed by atoms with Crippen LogP contribution in [0.15, 0.2) is 34.9 Å². The molecule has 26 heavy (non-hydrogen) atoms. The van der Waals surface area contributed by atoms with Gasteiger partial charge in [0.25, 0.3) is 0 Å². The van der Waals surface area contributed by atoms with Crippen LogP contribution in [0, 0.1) is 0 Å². The molecule has 2 aliphatic heterocycles. The van der Waals surface area contributed by atoms with E-state index in [4.69, 9.17) is 0 Å². The van der Waals surface area contributed by atoms with E-state index in [0.29, 0.717) is 31.7 Å². The molecule has 6 nitrogen and oxygen atoms in total. The SMILES string of the molecule is O=C1C(N2CCCC2)=C(S(=O)(=O)N2CCCCC2)C(=O)c2ccccc21. The number of likely N-dealkylation sites (tertiary alicyclic amines) is 1. The summed E-state index contributed by atoms with van der Waals surface area (Å²) in [5, 5.41) is 0. The Morgan fingerprint density at radius 3 is 1.88 bits per heavy atom. The Morgan fingerprint density at radius 2 is 1.27 bits per heavy atom. The highest BCUT2D eigenvalue weighted by Gasteiger charge is 2.44. The molecule has 0 unspecified atom stereocenters. The van der Waals surface area contributed by atoms with Crippen LogP contribution in [0.25, 0.3) is 0 Å². The predicted octanol–water partition coefficient (Wildman–Crippen LogP) is 2.19. The molecule has 3 aliphatic rings. The predicted molar refractivity (Wildman–Crippen MR) is 97.3 cm³/mol. The molecule has 0 spiro atoms. The number of piperidine rings is 1. The minimum atomic E-state index is -4.00. The van der Waals surface area contributed by atoms with E-state index in [9.17, 15) is 18.0 Å². The van der Waals surface area contributed by atoms with E-state index in [1.807, 2.05) is 0 Å². The van der Waals surface area contributed by atoms with Crippen LogP contribution >= 0.6 is 0 Å². The van der Waals surface area contributed by atoms with Gasteiger partial charge in [0.2, 0.25) is 21.6 Å². The zero-order chi connectivity index (χ0) is 18.3. The smallest absolute Gasteiger partial charge is 0.249 e. The number of hydrogen-bond donors (Lipinski definition) is 0. The van der Waals surface area contributed by atoms with E-state index in [1.54, 1.807) is 29.2 Å². The van der Waals surface area contributed by atoms with Crippen molar-refractivity contribution in [3.8, 4) is 0 Å². The average Bonchev–Trinajstić information content (AvgIpc) is 3.19. The van der Waals surface area contributed by atoms with Crippen molar-refractivity contribution in [2.75, 3.05) is 26.2 Å². The maximum absolute atomic E-state index is 13.3.